The van der Waals surface area contributed by atoms with E-state index >= 15 is 0 Å². The number of sulfonamides is 1. The summed E-state index contributed by atoms with van der Waals surface area (Å²) in [6, 6.07) is 22.5. The first-order valence-corrected chi connectivity index (χ1v) is 11.9. The van der Waals surface area contributed by atoms with Crippen LogP contribution in [0.2, 0.25) is 0 Å². The number of benzene rings is 3. The molecule has 3 aromatic rings. The molecule has 1 amide bonds. The lowest BCUT2D eigenvalue weighted by Gasteiger charge is -2.21. The minimum absolute atomic E-state index is 0.0503. The number of hydrogen-bond acceptors (Lipinski definition) is 5. The van der Waals surface area contributed by atoms with E-state index in [9.17, 15) is 13.2 Å². The molecule has 166 valence electrons. The van der Waals surface area contributed by atoms with E-state index in [1.54, 1.807) is 30.3 Å². The quantitative estimate of drug-likeness (QED) is 0.346. The Kier molecular flexibility index (Phi) is 8.15. The van der Waals surface area contributed by atoms with Crippen LogP contribution in [0.4, 0.5) is 0 Å². The van der Waals surface area contributed by atoms with E-state index < -0.39 is 15.9 Å². The molecule has 0 heterocycles. The van der Waals surface area contributed by atoms with Gasteiger partial charge in [-0.1, -0.05) is 64.5 Å². The molecule has 0 aliphatic carbocycles. The van der Waals surface area contributed by atoms with Crippen LogP contribution in [-0.4, -0.2) is 38.5 Å². The predicted octanol–water partition coefficient (Wildman–Crippen LogP) is 3.80. The van der Waals surface area contributed by atoms with Crippen LogP contribution in [0.15, 0.2) is 93.3 Å². The number of nitrogens with one attached hydrogen (secondary N) is 1. The summed E-state index contributed by atoms with van der Waals surface area (Å²) in [6.07, 6.45) is 1.44. The van der Waals surface area contributed by atoms with Gasteiger partial charge in [-0.05, 0) is 35.9 Å². The first-order chi connectivity index (χ1) is 15.4. The zero-order chi connectivity index (χ0) is 23.0. The maximum Gasteiger partial charge on any atom is 0.255 e. The molecule has 0 aliphatic rings. The molecule has 0 aliphatic heterocycles. The Hall–Kier alpha value is -3.01. The fourth-order valence-corrected chi connectivity index (χ4v) is 4.71. The molecule has 3 aromatic carbocycles. The number of rotatable bonds is 9. The number of ether oxygens (including phenoxy) is 1. The number of hydrogen-bond donors (Lipinski definition) is 1. The molecule has 0 fully saturated rings. The Labute approximate surface area is 195 Å². The third-order valence-electron chi connectivity index (χ3n) is 4.49. The summed E-state index contributed by atoms with van der Waals surface area (Å²) >= 11 is 3.38. The Morgan fingerprint density at radius 3 is 2.38 bits per heavy atom. The second kappa shape index (κ2) is 11.0. The molecular weight excluding hydrogens is 494 g/mol. The largest absolute Gasteiger partial charge is 0.496 e. The number of methoxy groups -OCH3 is 1. The van der Waals surface area contributed by atoms with E-state index in [0.29, 0.717) is 11.3 Å². The Bertz CT molecular complexity index is 1190. The van der Waals surface area contributed by atoms with Crippen molar-refractivity contribution in [2.45, 2.75) is 11.4 Å². The van der Waals surface area contributed by atoms with E-state index in [1.165, 1.54) is 25.5 Å². The third-order valence-corrected chi connectivity index (χ3v) is 6.79. The van der Waals surface area contributed by atoms with Gasteiger partial charge in [0.1, 0.15) is 5.75 Å². The summed E-state index contributed by atoms with van der Waals surface area (Å²) in [4.78, 5) is 12.7. The van der Waals surface area contributed by atoms with Gasteiger partial charge in [0, 0.05) is 16.6 Å². The van der Waals surface area contributed by atoms with Gasteiger partial charge in [0.25, 0.3) is 5.91 Å². The maximum atomic E-state index is 13.2. The fourth-order valence-electron chi connectivity index (χ4n) is 2.93. The normalized spacial score (nSPS) is 11.6. The SMILES string of the molecule is COc1ccc(Br)cc1/C=N/NC(=O)CN(Cc1ccccc1)S(=O)(=O)c1ccccc1. The zero-order valence-corrected chi connectivity index (χ0v) is 19.7. The van der Waals surface area contributed by atoms with Crippen LogP contribution in [0.1, 0.15) is 11.1 Å². The Morgan fingerprint density at radius 2 is 1.72 bits per heavy atom. The zero-order valence-electron chi connectivity index (χ0n) is 17.3. The molecule has 0 saturated heterocycles. The van der Waals surface area contributed by atoms with Gasteiger partial charge in [-0.2, -0.15) is 9.41 Å². The lowest BCUT2D eigenvalue weighted by molar-refractivity contribution is -0.121. The summed E-state index contributed by atoms with van der Waals surface area (Å²) in [5.74, 6) is 0.0224. The molecule has 1 N–H and O–H groups in total. The number of carbonyl (C=O) groups excluding carboxylic acids is 1. The van der Waals surface area contributed by atoms with Crippen molar-refractivity contribution in [2.24, 2.45) is 5.10 Å². The molecular formula is C23H22BrN3O4S. The minimum Gasteiger partial charge on any atom is -0.496 e. The highest BCUT2D eigenvalue weighted by atomic mass is 79.9. The topological polar surface area (TPSA) is 88.1 Å². The molecule has 7 nitrogen and oxygen atoms in total. The first kappa shape index (κ1) is 23.6. The van der Waals surface area contributed by atoms with Crippen molar-refractivity contribution in [3.63, 3.8) is 0 Å². The van der Waals surface area contributed by atoms with Gasteiger partial charge >= 0.3 is 0 Å². The molecule has 0 bridgehead atoms. The highest BCUT2D eigenvalue weighted by Gasteiger charge is 2.26. The molecule has 0 aromatic heterocycles. The van der Waals surface area contributed by atoms with Crippen LogP contribution in [0, 0.1) is 0 Å². The van der Waals surface area contributed by atoms with Crippen molar-refractivity contribution in [3.05, 3.63) is 94.5 Å². The Balaban J connectivity index is 1.77. The van der Waals surface area contributed by atoms with Gasteiger partial charge < -0.3 is 4.74 Å². The average molecular weight is 516 g/mol. The van der Waals surface area contributed by atoms with Crippen molar-refractivity contribution in [3.8, 4) is 5.75 Å². The summed E-state index contributed by atoms with van der Waals surface area (Å²) in [5, 5.41) is 3.96. The van der Waals surface area contributed by atoms with Gasteiger partial charge in [-0.25, -0.2) is 13.8 Å². The van der Waals surface area contributed by atoms with Crippen LogP contribution in [0.3, 0.4) is 0 Å². The molecule has 3 rings (SSSR count). The van der Waals surface area contributed by atoms with Crippen LogP contribution >= 0.6 is 15.9 Å². The summed E-state index contributed by atoms with van der Waals surface area (Å²) in [5.41, 5.74) is 3.81. The van der Waals surface area contributed by atoms with Gasteiger partial charge in [0.15, 0.2) is 0 Å². The number of hydrazone groups is 1. The predicted molar refractivity (Wildman–Crippen MR) is 127 cm³/mol. The van der Waals surface area contributed by atoms with Crippen molar-refractivity contribution in [1.82, 2.24) is 9.73 Å². The Morgan fingerprint density at radius 1 is 1.06 bits per heavy atom. The number of carbonyl (C=O) groups is 1. The van der Waals surface area contributed by atoms with Gasteiger partial charge in [-0.3, -0.25) is 4.79 Å². The lowest BCUT2D eigenvalue weighted by atomic mass is 10.2. The van der Waals surface area contributed by atoms with Crippen LogP contribution in [0.5, 0.6) is 5.75 Å². The van der Waals surface area contributed by atoms with E-state index in [-0.39, 0.29) is 18.0 Å². The molecule has 0 spiro atoms. The highest BCUT2D eigenvalue weighted by molar-refractivity contribution is 9.10. The summed E-state index contributed by atoms with van der Waals surface area (Å²) < 4.78 is 33.6. The van der Waals surface area contributed by atoms with Gasteiger partial charge in [0.2, 0.25) is 10.0 Å². The standard InChI is InChI=1S/C23H22BrN3O4S/c1-31-22-13-12-20(24)14-19(22)15-25-26-23(28)17-27(16-18-8-4-2-5-9-18)32(29,30)21-10-6-3-7-11-21/h2-15H,16-17H2,1H3,(H,26,28)/b25-15+. The molecule has 0 atom stereocenters. The van der Waals surface area contributed by atoms with Crippen LogP contribution in [0.25, 0.3) is 0 Å². The summed E-state index contributed by atoms with van der Waals surface area (Å²) in [7, 11) is -2.36. The van der Waals surface area contributed by atoms with E-state index in [4.69, 9.17) is 4.74 Å². The lowest BCUT2D eigenvalue weighted by Crippen LogP contribution is -2.39. The van der Waals surface area contributed by atoms with E-state index in [0.717, 1.165) is 14.3 Å². The van der Waals surface area contributed by atoms with Crippen LogP contribution < -0.4 is 10.2 Å². The second-order valence-corrected chi connectivity index (χ2v) is 9.60. The van der Waals surface area contributed by atoms with Gasteiger partial charge in [-0.15, -0.1) is 0 Å². The highest BCUT2D eigenvalue weighted by Crippen LogP contribution is 2.21. The molecule has 32 heavy (non-hydrogen) atoms. The molecule has 0 saturated carbocycles. The number of amides is 1. The number of nitrogens with zero attached hydrogens (tertiary/aromatic N) is 2. The van der Waals surface area contributed by atoms with Crippen LogP contribution in [-0.2, 0) is 21.4 Å². The van der Waals surface area contributed by atoms with E-state index in [2.05, 4.69) is 26.5 Å². The first-order valence-electron chi connectivity index (χ1n) is 9.64. The fraction of sp³-hybridized carbons (Fsp3) is 0.130. The third kappa shape index (κ3) is 6.25. The van der Waals surface area contributed by atoms with Crippen molar-refractivity contribution in [1.29, 1.82) is 0 Å². The molecule has 0 unspecified atom stereocenters. The van der Waals surface area contributed by atoms with Crippen molar-refractivity contribution >= 4 is 38.1 Å². The smallest absolute Gasteiger partial charge is 0.255 e. The van der Waals surface area contributed by atoms with E-state index in [1.807, 2.05) is 36.4 Å². The average Bonchev–Trinajstić information content (AvgIpc) is 2.80. The van der Waals surface area contributed by atoms with Gasteiger partial charge in [0.05, 0.1) is 24.8 Å². The second-order valence-electron chi connectivity index (χ2n) is 6.75. The van der Waals surface area contributed by atoms with Crippen molar-refractivity contribution in [2.75, 3.05) is 13.7 Å². The van der Waals surface area contributed by atoms with Crippen molar-refractivity contribution < 1.29 is 17.9 Å². The summed E-state index contributed by atoms with van der Waals surface area (Å²) in [6.45, 7) is -0.340. The molecule has 9 heteroatoms. The monoisotopic (exact) mass is 515 g/mol. The minimum atomic E-state index is -3.89. The maximum absolute atomic E-state index is 13.2. The number of halogens is 1. The molecule has 0 radical (unpaired) electrons.